The van der Waals surface area contributed by atoms with Crippen molar-refractivity contribution >= 4 is 55.6 Å². The normalized spacial score (nSPS) is 22.9. The Morgan fingerprint density at radius 3 is 2.91 bits per heavy atom. The minimum Gasteiger partial charge on any atom is -0.342 e. The van der Waals surface area contributed by atoms with E-state index in [2.05, 4.69) is 44.0 Å². The van der Waals surface area contributed by atoms with E-state index in [4.69, 9.17) is 11.6 Å². The zero-order valence-electron chi connectivity index (χ0n) is 12.6. The van der Waals surface area contributed by atoms with Gasteiger partial charge in [-0.1, -0.05) is 38.9 Å². The molecule has 0 bridgehead atoms. The molecule has 4 rings (SSSR count). The van der Waals surface area contributed by atoms with E-state index in [-0.39, 0.29) is 11.3 Å². The number of benzene rings is 1. The van der Waals surface area contributed by atoms with E-state index in [1.165, 1.54) is 22.6 Å². The number of anilines is 2. The molecule has 4 nitrogen and oxygen atoms in total. The lowest BCUT2D eigenvalue weighted by Gasteiger charge is -2.25. The summed E-state index contributed by atoms with van der Waals surface area (Å²) in [7, 11) is 0. The van der Waals surface area contributed by atoms with Gasteiger partial charge in [-0.15, -0.1) is 0 Å². The Morgan fingerprint density at radius 2 is 2.26 bits per heavy atom. The van der Waals surface area contributed by atoms with Gasteiger partial charge in [0.2, 0.25) is 5.91 Å². The van der Waals surface area contributed by atoms with Crippen molar-refractivity contribution in [3.05, 3.63) is 38.8 Å². The van der Waals surface area contributed by atoms with Crippen LogP contribution in [0.4, 0.5) is 10.8 Å². The summed E-state index contributed by atoms with van der Waals surface area (Å²) in [6, 6.07) is 6.37. The molecule has 2 aliphatic rings. The molecule has 1 saturated heterocycles. The Labute approximate surface area is 152 Å². The molecule has 0 saturated carbocycles. The van der Waals surface area contributed by atoms with Crippen molar-refractivity contribution in [2.75, 3.05) is 24.5 Å². The van der Waals surface area contributed by atoms with Crippen molar-refractivity contribution in [3.8, 4) is 0 Å². The number of halogens is 2. The molecule has 2 aromatic rings. The third kappa shape index (κ3) is 2.47. The van der Waals surface area contributed by atoms with Gasteiger partial charge in [-0.05, 0) is 30.2 Å². The summed E-state index contributed by atoms with van der Waals surface area (Å²) in [5.41, 5.74) is 2.44. The SMILES string of the molecule is CC(=O)N1CC[C@@]2(C1)CN(c1ncc(Cl)s1)c1ccc(Br)cc12. The fourth-order valence-corrected chi connectivity index (χ4v) is 4.95. The molecule has 23 heavy (non-hydrogen) atoms. The predicted molar refractivity (Wildman–Crippen MR) is 96.8 cm³/mol. The lowest BCUT2D eigenvalue weighted by molar-refractivity contribution is -0.127. The Morgan fingerprint density at radius 1 is 1.43 bits per heavy atom. The Bertz CT molecular complexity index is 795. The van der Waals surface area contributed by atoms with Crippen LogP contribution in [0.2, 0.25) is 4.34 Å². The summed E-state index contributed by atoms with van der Waals surface area (Å²) in [6.07, 6.45) is 2.67. The van der Waals surface area contributed by atoms with Gasteiger partial charge >= 0.3 is 0 Å². The maximum absolute atomic E-state index is 11.8. The second kappa shape index (κ2) is 5.46. The fourth-order valence-electron chi connectivity index (χ4n) is 3.67. The van der Waals surface area contributed by atoms with E-state index in [1.807, 2.05) is 4.90 Å². The van der Waals surface area contributed by atoms with Gasteiger partial charge in [0.1, 0.15) is 4.34 Å². The van der Waals surface area contributed by atoms with Crippen LogP contribution in [0.3, 0.4) is 0 Å². The third-order valence-electron chi connectivity index (χ3n) is 4.78. The molecule has 2 aliphatic heterocycles. The van der Waals surface area contributed by atoms with Crippen LogP contribution < -0.4 is 4.90 Å². The highest BCUT2D eigenvalue weighted by Crippen LogP contribution is 2.50. The third-order valence-corrected chi connectivity index (χ3v) is 6.41. The molecule has 1 spiro atoms. The average Bonchev–Trinajstić information content (AvgIpc) is 3.19. The van der Waals surface area contributed by atoms with Gasteiger partial charge in [0, 0.05) is 42.1 Å². The second-order valence-corrected chi connectivity index (χ2v) is 8.72. The number of likely N-dealkylation sites (tertiary alicyclic amines) is 1. The summed E-state index contributed by atoms with van der Waals surface area (Å²) < 4.78 is 1.76. The zero-order chi connectivity index (χ0) is 16.2. The summed E-state index contributed by atoms with van der Waals surface area (Å²) in [4.78, 5) is 20.4. The van der Waals surface area contributed by atoms with Gasteiger partial charge in [-0.25, -0.2) is 4.98 Å². The lowest BCUT2D eigenvalue weighted by atomic mass is 9.81. The largest absolute Gasteiger partial charge is 0.342 e. The molecule has 1 amide bonds. The van der Waals surface area contributed by atoms with Crippen LogP contribution in [0.1, 0.15) is 18.9 Å². The number of thiazole rings is 1. The zero-order valence-corrected chi connectivity index (χ0v) is 15.7. The highest BCUT2D eigenvalue weighted by Gasteiger charge is 2.48. The smallest absolute Gasteiger partial charge is 0.219 e. The molecule has 120 valence electrons. The quantitative estimate of drug-likeness (QED) is 0.704. The highest BCUT2D eigenvalue weighted by molar-refractivity contribution is 9.10. The van der Waals surface area contributed by atoms with E-state index in [0.717, 1.165) is 35.7 Å². The van der Waals surface area contributed by atoms with Crippen LogP contribution >= 0.6 is 38.9 Å². The van der Waals surface area contributed by atoms with Crippen LogP contribution in [0, 0.1) is 0 Å². The molecule has 1 atom stereocenters. The number of aromatic nitrogens is 1. The van der Waals surface area contributed by atoms with Crippen LogP contribution in [0.25, 0.3) is 0 Å². The van der Waals surface area contributed by atoms with Gasteiger partial charge in [-0.2, -0.15) is 0 Å². The number of nitrogens with zero attached hydrogens (tertiary/aromatic N) is 3. The number of carbonyl (C=O) groups excluding carboxylic acids is 1. The van der Waals surface area contributed by atoms with Gasteiger partial charge in [-0.3, -0.25) is 4.79 Å². The maximum Gasteiger partial charge on any atom is 0.219 e. The number of hydrogen-bond donors (Lipinski definition) is 0. The fraction of sp³-hybridized carbons (Fsp3) is 0.375. The summed E-state index contributed by atoms with van der Waals surface area (Å²) in [5.74, 6) is 0.147. The van der Waals surface area contributed by atoms with E-state index >= 15 is 0 Å². The second-order valence-electron chi connectivity index (χ2n) is 6.17. The first kappa shape index (κ1) is 15.4. The topological polar surface area (TPSA) is 36.4 Å². The molecule has 0 N–H and O–H groups in total. The summed E-state index contributed by atoms with van der Waals surface area (Å²) >= 11 is 11.2. The molecule has 0 radical (unpaired) electrons. The number of fused-ring (bicyclic) bond motifs is 2. The lowest BCUT2D eigenvalue weighted by Crippen LogP contribution is -2.36. The Balaban J connectivity index is 1.79. The molecule has 1 aromatic carbocycles. The van der Waals surface area contributed by atoms with Crippen molar-refractivity contribution < 1.29 is 4.79 Å². The van der Waals surface area contributed by atoms with Crippen LogP contribution in [-0.2, 0) is 10.2 Å². The number of rotatable bonds is 1. The van der Waals surface area contributed by atoms with Crippen LogP contribution in [-0.4, -0.2) is 35.4 Å². The first-order valence-corrected chi connectivity index (χ1v) is 9.42. The van der Waals surface area contributed by atoms with Gasteiger partial charge in [0.05, 0.1) is 6.20 Å². The highest BCUT2D eigenvalue weighted by atomic mass is 79.9. The predicted octanol–water partition coefficient (Wildman–Crippen LogP) is 4.20. The van der Waals surface area contributed by atoms with E-state index in [1.54, 1.807) is 13.1 Å². The van der Waals surface area contributed by atoms with Gasteiger partial charge in [0.25, 0.3) is 0 Å². The Kier molecular flexibility index (Phi) is 3.66. The van der Waals surface area contributed by atoms with Crippen molar-refractivity contribution in [1.82, 2.24) is 9.88 Å². The number of hydrogen-bond acceptors (Lipinski definition) is 4. The minimum absolute atomic E-state index is 0.0249. The van der Waals surface area contributed by atoms with Gasteiger partial charge in [0.15, 0.2) is 5.13 Å². The van der Waals surface area contributed by atoms with Crippen molar-refractivity contribution in [1.29, 1.82) is 0 Å². The molecule has 1 aromatic heterocycles. The number of carbonyl (C=O) groups is 1. The number of amides is 1. The summed E-state index contributed by atoms with van der Waals surface area (Å²) in [5, 5.41) is 0.914. The van der Waals surface area contributed by atoms with Crippen LogP contribution in [0.5, 0.6) is 0 Å². The van der Waals surface area contributed by atoms with Crippen molar-refractivity contribution in [2.45, 2.75) is 18.8 Å². The minimum atomic E-state index is -0.0249. The van der Waals surface area contributed by atoms with E-state index in [9.17, 15) is 4.79 Å². The molecular formula is C16H15BrClN3OS. The molecule has 0 unspecified atom stereocenters. The molecule has 7 heteroatoms. The molecular weight excluding hydrogens is 398 g/mol. The monoisotopic (exact) mass is 411 g/mol. The maximum atomic E-state index is 11.8. The van der Waals surface area contributed by atoms with Crippen molar-refractivity contribution in [2.24, 2.45) is 0 Å². The molecule has 0 aliphatic carbocycles. The van der Waals surface area contributed by atoms with Crippen LogP contribution in [0.15, 0.2) is 28.9 Å². The average molecular weight is 413 g/mol. The molecule has 3 heterocycles. The van der Waals surface area contributed by atoms with E-state index < -0.39 is 0 Å². The van der Waals surface area contributed by atoms with Crippen molar-refractivity contribution in [3.63, 3.8) is 0 Å². The Hall–Kier alpha value is -1.11. The summed E-state index contributed by atoms with van der Waals surface area (Å²) in [6.45, 7) is 4.07. The van der Waals surface area contributed by atoms with Gasteiger partial charge < -0.3 is 9.80 Å². The first-order chi connectivity index (χ1) is 11.0. The molecule has 1 fully saturated rings. The standard InChI is InChI=1S/C16H15BrClN3OS/c1-10(22)20-5-4-16(8-20)9-21(15-19-7-14(18)23-15)13-3-2-11(17)6-12(13)16/h2-3,6-7H,4-5,8-9H2,1H3/t16-/m1/s1. The first-order valence-electron chi connectivity index (χ1n) is 7.43. The van der Waals surface area contributed by atoms with E-state index in [0.29, 0.717) is 4.34 Å².